The second kappa shape index (κ2) is 5.92. The maximum atomic E-state index is 10.2. The van der Waals surface area contributed by atoms with Crippen LogP contribution in [0.3, 0.4) is 0 Å². The summed E-state index contributed by atoms with van der Waals surface area (Å²) in [5.74, 6) is -0.798. The van der Waals surface area contributed by atoms with E-state index in [1.54, 1.807) is 0 Å². The fourth-order valence-electron chi connectivity index (χ4n) is 0.783. The van der Waals surface area contributed by atoms with Crippen molar-refractivity contribution in [3.8, 4) is 0 Å². The van der Waals surface area contributed by atoms with Crippen LogP contribution in [0.2, 0.25) is 0 Å². The van der Waals surface area contributed by atoms with Crippen LogP contribution in [-0.2, 0) is 4.79 Å². The molecule has 0 bridgehead atoms. The molecular formula is C8H15NO2. The second-order valence-corrected chi connectivity index (χ2v) is 2.43. The molecule has 0 fully saturated rings. The van der Waals surface area contributed by atoms with Gasteiger partial charge in [-0.15, -0.1) is 0 Å². The van der Waals surface area contributed by atoms with Crippen LogP contribution in [0.1, 0.15) is 19.8 Å². The highest BCUT2D eigenvalue weighted by Crippen LogP contribution is 2.03. The molecule has 0 spiro atoms. The quantitative estimate of drug-likeness (QED) is 0.585. The van der Waals surface area contributed by atoms with Gasteiger partial charge in [0, 0.05) is 0 Å². The number of allylic oxidation sites excluding steroid dienone is 1. The molecule has 0 aromatic carbocycles. The van der Waals surface area contributed by atoms with Crippen molar-refractivity contribution >= 4 is 5.97 Å². The molecule has 3 nitrogen and oxygen atoms in total. The zero-order chi connectivity index (χ0) is 8.69. The molecule has 3 N–H and O–H groups in total. The molecule has 0 saturated heterocycles. The zero-order valence-electron chi connectivity index (χ0n) is 6.79. The van der Waals surface area contributed by atoms with Crippen LogP contribution in [0.25, 0.3) is 0 Å². The van der Waals surface area contributed by atoms with Gasteiger partial charge in [-0.25, -0.2) is 0 Å². The largest absolute Gasteiger partial charge is 0.481 e. The van der Waals surface area contributed by atoms with E-state index in [0.29, 0.717) is 6.54 Å². The molecule has 0 saturated carbocycles. The lowest BCUT2D eigenvalue weighted by molar-refractivity contribution is -0.137. The highest BCUT2D eigenvalue weighted by Gasteiger charge is 2.06. The third kappa shape index (κ3) is 5.61. The van der Waals surface area contributed by atoms with E-state index >= 15 is 0 Å². The summed E-state index contributed by atoms with van der Waals surface area (Å²) < 4.78 is 0. The van der Waals surface area contributed by atoms with Gasteiger partial charge in [-0.1, -0.05) is 19.1 Å². The van der Waals surface area contributed by atoms with Gasteiger partial charge in [0.1, 0.15) is 0 Å². The first-order valence-corrected chi connectivity index (χ1v) is 3.79. The van der Waals surface area contributed by atoms with Crippen molar-refractivity contribution in [3.05, 3.63) is 12.2 Å². The predicted molar refractivity (Wildman–Crippen MR) is 44.2 cm³/mol. The third-order valence-electron chi connectivity index (χ3n) is 1.38. The lowest BCUT2D eigenvalue weighted by Gasteiger charge is -2.04. The van der Waals surface area contributed by atoms with Crippen molar-refractivity contribution in [1.29, 1.82) is 0 Å². The van der Waals surface area contributed by atoms with Gasteiger partial charge < -0.3 is 10.8 Å². The number of hydrogen-bond donors (Lipinski definition) is 2. The van der Waals surface area contributed by atoms with Gasteiger partial charge in [-0.3, -0.25) is 4.79 Å². The predicted octanol–water partition coefficient (Wildman–Crippen LogP) is 1.00. The summed E-state index contributed by atoms with van der Waals surface area (Å²) in [5, 5.41) is 8.42. The molecule has 0 aromatic heterocycles. The second-order valence-electron chi connectivity index (χ2n) is 2.43. The van der Waals surface area contributed by atoms with Crippen molar-refractivity contribution in [2.75, 3.05) is 6.54 Å². The number of carboxylic acids is 1. The maximum absolute atomic E-state index is 10.2. The first-order valence-electron chi connectivity index (χ1n) is 3.79. The van der Waals surface area contributed by atoms with Gasteiger partial charge >= 0.3 is 5.97 Å². The molecule has 0 amide bonds. The first-order chi connectivity index (χ1) is 5.20. The Morgan fingerprint density at radius 1 is 1.73 bits per heavy atom. The molecule has 1 atom stereocenters. The monoisotopic (exact) mass is 157 g/mol. The smallest absolute Gasteiger partial charge is 0.303 e. The van der Waals surface area contributed by atoms with E-state index in [9.17, 15) is 4.79 Å². The summed E-state index contributed by atoms with van der Waals surface area (Å²) in [7, 11) is 0. The van der Waals surface area contributed by atoms with Crippen LogP contribution in [0.15, 0.2) is 12.2 Å². The fourth-order valence-corrected chi connectivity index (χ4v) is 0.783. The number of carbonyl (C=O) groups is 1. The highest BCUT2D eigenvalue weighted by atomic mass is 16.4. The van der Waals surface area contributed by atoms with Crippen molar-refractivity contribution in [3.63, 3.8) is 0 Å². The number of carboxylic acid groups (broad SMARTS) is 1. The van der Waals surface area contributed by atoms with E-state index in [1.807, 2.05) is 19.1 Å². The lowest BCUT2D eigenvalue weighted by atomic mass is 10.1. The van der Waals surface area contributed by atoms with E-state index in [1.165, 1.54) is 0 Å². The van der Waals surface area contributed by atoms with Crippen LogP contribution in [0.5, 0.6) is 0 Å². The van der Waals surface area contributed by atoms with Gasteiger partial charge in [0.25, 0.3) is 0 Å². The molecule has 11 heavy (non-hydrogen) atoms. The van der Waals surface area contributed by atoms with Crippen LogP contribution >= 0.6 is 0 Å². The Hall–Kier alpha value is -0.830. The molecule has 0 aliphatic carbocycles. The molecule has 0 aliphatic rings. The molecule has 3 heteroatoms. The fraction of sp³-hybridized carbons (Fsp3) is 0.625. The summed E-state index contributed by atoms with van der Waals surface area (Å²) in [6.45, 7) is 2.41. The SMILES string of the molecule is CC/C=C/C(CN)CC(=O)O. The summed E-state index contributed by atoms with van der Waals surface area (Å²) in [6.07, 6.45) is 4.87. The molecule has 0 rings (SSSR count). The molecular weight excluding hydrogens is 142 g/mol. The maximum Gasteiger partial charge on any atom is 0.303 e. The van der Waals surface area contributed by atoms with Gasteiger partial charge in [-0.05, 0) is 18.9 Å². The van der Waals surface area contributed by atoms with Crippen LogP contribution < -0.4 is 5.73 Å². The molecule has 0 aromatic rings. The Balaban J connectivity index is 3.75. The van der Waals surface area contributed by atoms with Crippen molar-refractivity contribution < 1.29 is 9.90 Å². The minimum absolute atomic E-state index is 0.00699. The van der Waals surface area contributed by atoms with E-state index in [4.69, 9.17) is 10.8 Å². The standard InChI is InChI=1S/C8H15NO2/c1-2-3-4-7(6-9)5-8(10)11/h3-4,7H,2,5-6,9H2,1H3,(H,10,11)/b4-3+. The number of nitrogens with two attached hydrogens (primary N) is 1. The van der Waals surface area contributed by atoms with Crippen LogP contribution in [-0.4, -0.2) is 17.6 Å². The van der Waals surface area contributed by atoms with Gasteiger partial charge in [-0.2, -0.15) is 0 Å². The van der Waals surface area contributed by atoms with Crippen LogP contribution in [0.4, 0.5) is 0 Å². The molecule has 0 aliphatic heterocycles. The minimum Gasteiger partial charge on any atom is -0.481 e. The number of hydrogen-bond acceptors (Lipinski definition) is 2. The Morgan fingerprint density at radius 2 is 2.36 bits per heavy atom. The Kier molecular flexibility index (Phi) is 5.47. The average molecular weight is 157 g/mol. The molecule has 0 radical (unpaired) electrons. The number of aliphatic carboxylic acids is 1. The highest BCUT2D eigenvalue weighted by molar-refractivity contribution is 5.67. The topological polar surface area (TPSA) is 63.3 Å². The lowest BCUT2D eigenvalue weighted by Crippen LogP contribution is -2.15. The zero-order valence-corrected chi connectivity index (χ0v) is 6.79. The normalized spacial score (nSPS) is 13.6. The van der Waals surface area contributed by atoms with Crippen molar-refractivity contribution in [1.82, 2.24) is 0 Å². The first kappa shape index (κ1) is 10.2. The van der Waals surface area contributed by atoms with Gasteiger partial charge in [0.05, 0.1) is 6.42 Å². The molecule has 0 heterocycles. The Bertz CT molecular complexity index is 143. The summed E-state index contributed by atoms with van der Waals surface area (Å²) in [5.41, 5.74) is 5.35. The van der Waals surface area contributed by atoms with E-state index in [2.05, 4.69) is 0 Å². The van der Waals surface area contributed by atoms with Crippen LogP contribution in [0, 0.1) is 5.92 Å². The molecule has 64 valence electrons. The average Bonchev–Trinajstić information content (AvgIpc) is 1.97. The Morgan fingerprint density at radius 3 is 2.73 bits per heavy atom. The molecule has 1 unspecified atom stereocenters. The summed E-state index contributed by atoms with van der Waals surface area (Å²) in [4.78, 5) is 10.2. The van der Waals surface area contributed by atoms with Gasteiger partial charge in [0.15, 0.2) is 0 Å². The number of rotatable bonds is 5. The van der Waals surface area contributed by atoms with Crippen molar-refractivity contribution in [2.45, 2.75) is 19.8 Å². The van der Waals surface area contributed by atoms with Crippen molar-refractivity contribution in [2.24, 2.45) is 11.7 Å². The van der Waals surface area contributed by atoms with E-state index in [0.717, 1.165) is 6.42 Å². The summed E-state index contributed by atoms with van der Waals surface area (Å²) in [6, 6.07) is 0. The van der Waals surface area contributed by atoms with E-state index < -0.39 is 5.97 Å². The van der Waals surface area contributed by atoms with E-state index in [-0.39, 0.29) is 12.3 Å². The Labute approximate surface area is 66.9 Å². The third-order valence-corrected chi connectivity index (χ3v) is 1.38. The summed E-state index contributed by atoms with van der Waals surface area (Å²) >= 11 is 0. The van der Waals surface area contributed by atoms with Gasteiger partial charge in [0.2, 0.25) is 0 Å². The minimum atomic E-state index is -0.791.